The molecule has 13 heavy (non-hydrogen) atoms. The number of Topliss-reactive ketones (excluding diaryl/α,β-unsaturated/α-hetero) is 1. The minimum absolute atomic E-state index is 1.07. The normalized spacial score (nSPS) is 16.7. The van der Waals surface area contributed by atoms with E-state index in [2.05, 4.69) is 4.52 Å². The number of phosphoric acid groups is 1. The lowest BCUT2D eigenvalue weighted by atomic mass is 10.2. The molecule has 0 aliphatic rings. The van der Waals surface area contributed by atoms with Crippen molar-refractivity contribution in [3.05, 3.63) is 0 Å². The topological polar surface area (TPSA) is 145 Å². The van der Waals surface area contributed by atoms with Gasteiger partial charge in [0, 0.05) is 0 Å². The first-order chi connectivity index (χ1) is 5.78. The molecule has 1 unspecified atom stereocenters. The Balaban J connectivity index is 4.19. The van der Waals surface area contributed by atoms with Crippen LogP contribution in [0.3, 0.4) is 0 Å². The summed E-state index contributed by atoms with van der Waals surface area (Å²) in [5.41, 5.74) is 0. The van der Waals surface area contributed by atoms with Crippen LogP contribution in [0.25, 0.3) is 0 Å². The fourth-order valence-electron chi connectivity index (χ4n) is 0.451. The maximum atomic E-state index is 10.4. The number of aliphatic hydroxyl groups excluding tert-OH is 3. The molecule has 0 saturated carbocycles. The molecule has 2 atom stereocenters. The van der Waals surface area contributed by atoms with Crippen molar-refractivity contribution in [2.75, 3.05) is 6.61 Å². The molecule has 0 radical (unpaired) electrons. The van der Waals surface area contributed by atoms with Crippen molar-refractivity contribution < 1.29 is 39.0 Å². The molecule has 0 fully saturated rings. The first-order valence-corrected chi connectivity index (χ1v) is 4.54. The molecule has 0 amide bonds. The molecule has 0 aromatic carbocycles. The van der Waals surface area contributed by atoms with E-state index in [1.165, 1.54) is 0 Å². The number of hydrogen-bond acceptors (Lipinski definition) is 6. The molecular weight excluding hydrogens is 207 g/mol. The third-order valence-electron chi connectivity index (χ3n) is 1.00. The van der Waals surface area contributed by atoms with E-state index < -0.39 is 32.6 Å². The molecule has 0 rings (SSSR count). The summed E-state index contributed by atoms with van der Waals surface area (Å²) in [7, 11) is -4.97. The second kappa shape index (κ2) is 4.77. The Bertz CT molecular complexity index is 220. The highest BCUT2D eigenvalue weighted by Crippen LogP contribution is 2.37. The lowest BCUT2D eigenvalue weighted by Gasteiger charge is -2.16. The second-order valence-electron chi connectivity index (χ2n) is 2.06. The molecule has 8 nitrogen and oxygen atoms in total. The zero-order valence-electron chi connectivity index (χ0n) is 6.27. The van der Waals surface area contributed by atoms with Crippen molar-refractivity contribution >= 4 is 13.6 Å². The fourth-order valence-corrected chi connectivity index (χ4v) is 0.848. The molecule has 0 spiro atoms. The number of carbonyl (C=O) groups is 1. The Kier molecular flexibility index (Phi) is 4.65. The van der Waals surface area contributed by atoms with Gasteiger partial charge in [0.25, 0.3) is 0 Å². The van der Waals surface area contributed by atoms with Crippen molar-refractivity contribution in [3.63, 3.8) is 0 Å². The van der Waals surface area contributed by atoms with Crippen molar-refractivity contribution in [1.82, 2.24) is 0 Å². The maximum Gasteiger partial charge on any atom is 0.472 e. The third-order valence-corrected chi connectivity index (χ3v) is 1.49. The summed E-state index contributed by atoms with van der Waals surface area (Å²) < 4.78 is 13.6. The van der Waals surface area contributed by atoms with Gasteiger partial charge in [-0.1, -0.05) is 0 Å². The van der Waals surface area contributed by atoms with Crippen molar-refractivity contribution in [2.24, 2.45) is 0 Å². The highest BCUT2D eigenvalue weighted by Gasteiger charge is 2.30. The zero-order chi connectivity index (χ0) is 10.6. The summed E-state index contributed by atoms with van der Waals surface area (Å²) in [6.45, 7) is -1.07. The Morgan fingerprint density at radius 3 is 2.15 bits per heavy atom. The van der Waals surface area contributed by atoms with Crippen LogP contribution in [0.4, 0.5) is 0 Å². The third kappa shape index (κ3) is 5.06. The van der Waals surface area contributed by atoms with Crippen LogP contribution in [0.1, 0.15) is 0 Å². The lowest BCUT2D eigenvalue weighted by molar-refractivity contribution is -0.153. The van der Waals surface area contributed by atoms with Crippen LogP contribution in [0.5, 0.6) is 0 Å². The Labute approximate surface area is 72.6 Å². The monoisotopic (exact) mass is 216 g/mol. The van der Waals surface area contributed by atoms with Crippen LogP contribution in [0, 0.1) is 0 Å². The molecule has 0 bridgehead atoms. The molecule has 9 heteroatoms. The van der Waals surface area contributed by atoms with Gasteiger partial charge in [-0.15, -0.1) is 0 Å². The Morgan fingerprint density at radius 2 is 1.85 bits per heavy atom. The van der Waals surface area contributed by atoms with E-state index in [0.29, 0.717) is 0 Å². The first-order valence-electron chi connectivity index (χ1n) is 3.01. The van der Waals surface area contributed by atoms with Crippen LogP contribution in [0.15, 0.2) is 0 Å². The molecule has 0 heterocycles. The predicted molar refractivity (Wildman–Crippen MR) is 37.2 cm³/mol. The zero-order valence-corrected chi connectivity index (χ0v) is 7.16. The molecule has 0 aromatic rings. The largest absolute Gasteiger partial charge is 0.472 e. The van der Waals surface area contributed by atoms with Gasteiger partial charge in [0.2, 0.25) is 0 Å². The summed E-state index contributed by atoms with van der Waals surface area (Å²) in [4.78, 5) is 26.7. The highest BCUT2D eigenvalue weighted by atomic mass is 31.2. The van der Waals surface area contributed by atoms with E-state index in [-0.39, 0.29) is 0 Å². The average molecular weight is 216 g/mol. The molecule has 78 valence electrons. The van der Waals surface area contributed by atoms with Crippen molar-refractivity contribution in [2.45, 2.75) is 12.4 Å². The SMILES string of the molecule is O=C(CO)[C@@H](O)C(O)OP(=O)(O)O. The molecular formula is C4H9O8P. The Morgan fingerprint density at radius 1 is 1.38 bits per heavy atom. The summed E-state index contributed by atoms with van der Waals surface area (Å²) >= 11 is 0. The number of ketones is 1. The van der Waals surface area contributed by atoms with E-state index in [1.54, 1.807) is 0 Å². The van der Waals surface area contributed by atoms with E-state index >= 15 is 0 Å². The van der Waals surface area contributed by atoms with Gasteiger partial charge in [-0.05, 0) is 0 Å². The number of carbonyl (C=O) groups excluding carboxylic acids is 1. The highest BCUT2D eigenvalue weighted by molar-refractivity contribution is 7.46. The van der Waals surface area contributed by atoms with Gasteiger partial charge >= 0.3 is 7.82 Å². The van der Waals surface area contributed by atoms with Gasteiger partial charge in [0.15, 0.2) is 18.2 Å². The van der Waals surface area contributed by atoms with Crippen molar-refractivity contribution in [1.29, 1.82) is 0 Å². The van der Waals surface area contributed by atoms with Crippen LogP contribution in [-0.4, -0.2) is 49.9 Å². The van der Waals surface area contributed by atoms with Gasteiger partial charge in [-0.2, -0.15) is 0 Å². The van der Waals surface area contributed by atoms with Gasteiger partial charge in [0.05, 0.1) is 0 Å². The van der Waals surface area contributed by atoms with E-state index in [0.717, 1.165) is 0 Å². The van der Waals surface area contributed by atoms with Gasteiger partial charge in [-0.25, -0.2) is 4.57 Å². The summed E-state index contributed by atoms with van der Waals surface area (Å²) in [6, 6.07) is 0. The van der Waals surface area contributed by atoms with Gasteiger partial charge in [0.1, 0.15) is 6.61 Å². The fraction of sp³-hybridized carbons (Fsp3) is 0.750. The quantitative estimate of drug-likeness (QED) is 0.247. The molecule has 0 aromatic heterocycles. The average Bonchev–Trinajstić information content (AvgIpc) is 1.98. The number of phosphoric ester groups is 1. The number of aliphatic hydroxyl groups is 3. The number of hydrogen-bond donors (Lipinski definition) is 5. The predicted octanol–water partition coefficient (Wildman–Crippen LogP) is -2.66. The van der Waals surface area contributed by atoms with Gasteiger partial charge in [-0.3, -0.25) is 9.32 Å². The van der Waals surface area contributed by atoms with Crippen LogP contribution < -0.4 is 0 Å². The van der Waals surface area contributed by atoms with Crippen LogP contribution in [0.2, 0.25) is 0 Å². The van der Waals surface area contributed by atoms with E-state index in [1.807, 2.05) is 0 Å². The summed E-state index contributed by atoms with van der Waals surface area (Å²) in [5.74, 6) is -1.21. The summed E-state index contributed by atoms with van der Waals surface area (Å²) in [6.07, 6.45) is -4.54. The van der Waals surface area contributed by atoms with E-state index in [9.17, 15) is 9.36 Å². The minimum Gasteiger partial charge on any atom is -0.388 e. The van der Waals surface area contributed by atoms with Crippen LogP contribution in [-0.2, 0) is 13.9 Å². The molecule has 0 saturated heterocycles. The molecule has 0 aliphatic carbocycles. The standard InChI is InChI=1S/C4H9O8P/c5-1-2(6)3(7)4(8)12-13(9,10)11/h3-5,7-8H,1H2,(H2,9,10,11)/t3-,4?/m1/s1. The minimum atomic E-state index is -4.97. The first kappa shape index (κ1) is 12.7. The Hall–Kier alpha value is -0.340. The van der Waals surface area contributed by atoms with Crippen LogP contribution >= 0.6 is 7.82 Å². The van der Waals surface area contributed by atoms with Crippen molar-refractivity contribution in [3.8, 4) is 0 Å². The number of rotatable bonds is 5. The maximum absolute atomic E-state index is 10.4. The molecule has 0 aliphatic heterocycles. The lowest BCUT2D eigenvalue weighted by Crippen LogP contribution is -2.36. The smallest absolute Gasteiger partial charge is 0.388 e. The van der Waals surface area contributed by atoms with Gasteiger partial charge < -0.3 is 25.1 Å². The summed E-state index contributed by atoms with van der Waals surface area (Å²) in [5, 5.41) is 25.6. The second-order valence-corrected chi connectivity index (χ2v) is 3.25. The molecule has 5 N–H and O–H groups in total. The van der Waals surface area contributed by atoms with E-state index in [4.69, 9.17) is 25.1 Å².